The highest BCUT2D eigenvalue weighted by molar-refractivity contribution is 7.80. The highest BCUT2D eigenvalue weighted by Gasteiger charge is 2.41. The predicted molar refractivity (Wildman–Crippen MR) is 115 cm³/mol. The van der Waals surface area contributed by atoms with Crippen LogP contribution in [-0.2, 0) is 9.53 Å². The number of nitrogens with one attached hydrogen (secondary N) is 1. The Labute approximate surface area is 177 Å². The summed E-state index contributed by atoms with van der Waals surface area (Å²) in [5.41, 5.74) is 2.18. The lowest BCUT2D eigenvalue weighted by Crippen LogP contribution is -2.33. The summed E-state index contributed by atoms with van der Waals surface area (Å²) >= 11 is 5.68. The SMILES string of the molecule is COC(=O)CCN1C(=S)N[C@H](c2ccccn2)[C@H]1c1cccn1C1CCCCC1. The molecule has 0 bridgehead atoms. The number of carbonyl (C=O) groups is 1. The van der Waals surface area contributed by atoms with Crippen LogP contribution in [0.15, 0.2) is 42.7 Å². The highest BCUT2D eigenvalue weighted by atomic mass is 32.1. The number of rotatable bonds is 6. The summed E-state index contributed by atoms with van der Waals surface area (Å²) in [4.78, 5) is 18.5. The number of esters is 1. The van der Waals surface area contributed by atoms with Crippen LogP contribution in [-0.4, -0.2) is 39.2 Å². The van der Waals surface area contributed by atoms with E-state index in [9.17, 15) is 4.79 Å². The first-order valence-electron chi connectivity index (χ1n) is 10.4. The van der Waals surface area contributed by atoms with Gasteiger partial charge in [-0.3, -0.25) is 9.78 Å². The molecule has 0 spiro atoms. The normalized spacial score (nSPS) is 22.5. The molecule has 1 saturated heterocycles. The first kappa shape index (κ1) is 19.9. The van der Waals surface area contributed by atoms with E-state index in [1.807, 2.05) is 24.4 Å². The molecule has 2 fully saturated rings. The number of hydrogen-bond acceptors (Lipinski definition) is 4. The average Bonchev–Trinajstić information content (AvgIpc) is 3.37. The Morgan fingerprint density at radius 2 is 2.07 bits per heavy atom. The van der Waals surface area contributed by atoms with Gasteiger partial charge in [0.2, 0.25) is 0 Å². The van der Waals surface area contributed by atoms with Gasteiger partial charge >= 0.3 is 5.97 Å². The zero-order valence-corrected chi connectivity index (χ0v) is 17.6. The van der Waals surface area contributed by atoms with Crippen LogP contribution in [0.3, 0.4) is 0 Å². The van der Waals surface area contributed by atoms with Crippen molar-refractivity contribution >= 4 is 23.3 Å². The first-order valence-corrected chi connectivity index (χ1v) is 10.8. The van der Waals surface area contributed by atoms with Gasteiger partial charge in [-0.05, 0) is 49.3 Å². The largest absolute Gasteiger partial charge is 0.469 e. The summed E-state index contributed by atoms with van der Waals surface area (Å²) < 4.78 is 7.29. The van der Waals surface area contributed by atoms with Gasteiger partial charge in [-0.15, -0.1) is 0 Å². The van der Waals surface area contributed by atoms with Gasteiger partial charge in [0.15, 0.2) is 5.11 Å². The van der Waals surface area contributed by atoms with Crippen molar-refractivity contribution in [2.24, 2.45) is 0 Å². The molecule has 4 rings (SSSR count). The van der Waals surface area contributed by atoms with Gasteiger partial charge in [-0.1, -0.05) is 25.3 Å². The molecular weight excluding hydrogens is 384 g/mol. The third kappa shape index (κ3) is 4.15. The van der Waals surface area contributed by atoms with E-state index in [1.54, 1.807) is 0 Å². The van der Waals surface area contributed by atoms with Crippen LogP contribution < -0.4 is 5.32 Å². The van der Waals surface area contributed by atoms with Crippen LogP contribution in [0.4, 0.5) is 0 Å². The van der Waals surface area contributed by atoms with E-state index in [-0.39, 0.29) is 18.1 Å². The van der Waals surface area contributed by atoms with Crippen LogP contribution in [0, 0.1) is 0 Å². The molecule has 3 heterocycles. The third-order valence-electron chi connectivity index (χ3n) is 6.07. The van der Waals surface area contributed by atoms with E-state index < -0.39 is 0 Å². The topological polar surface area (TPSA) is 59.4 Å². The Hall–Kier alpha value is -2.41. The number of aromatic nitrogens is 2. The minimum absolute atomic E-state index is 0.0148. The summed E-state index contributed by atoms with van der Waals surface area (Å²) in [5, 5.41) is 4.12. The molecule has 2 aliphatic rings. The fraction of sp³-hybridized carbons (Fsp3) is 0.500. The molecule has 1 aliphatic carbocycles. The van der Waals surface area contributed by atoms with E-state index in [1.165, 1.54) is 44.9 Å². The molecule has 0 amide bonds. The highest BCUT2D eigenvalue weighted by Crippen LogP contribution is 2.41. The van der Waals surface area contributed by atoms with Crippen molar-refractivity contribution in [1.29, 1.82) is 0 Å². The zero-order chi connectivity index (χ0) is 20.2. The summed E-state index contributed by atoms with van der Waals surface area (Å²) in [5.74, 6) is -0.226. The van der Waals surface area contributed by atoms with Crippen LogP contribution >= 0.6 is 12.2 Å². The summed E-state index contributed by atoms with van der Waals surface area (Å²) in [6.07, 6.45) is 10.6. The van der Waals surface area contributed by atoms with E-state index >= 15 is 0 Å². The van der Waals surface area contributed by atoms with Crippen molar-refractivity contribution in [3.63, 3.8) is 0 Å². The number of pyridine rings is 1. The van der Waals surface area contributed by atoms with Gasteiger partial charge in [0.1, 0.15) is 0 Å². The van der Waals surface area contributed by atoms with E-state index in [0.717, 1.165) is 5.69 Å². The Morgan fingerprint density at radius 3 is 2.79 bits per heavy atom. The van der Waals surface area contributed by atoms with Gasteiger partial charge in [0.05, 0.1) is 31.3 Å². The molecule has 1 saturated carbocycles. The maximum absolute atomic E-state index is 11.8. The Balaban J connectivity index is 1.69. The second kappa shape index (κ2) is 8.95. The number of thiocarbonyl (C=S) groups is 1. The van der Waals surface area contributed by atoms with Gasteiger partial charge < -0.3 is 19.5 Å². The van der Waals surface area contributed by atoms with Gasteiger partial charge in [0, 0.05) is 30.7 Å². The van der Waals surface area contributed by atoms with Gasteiger partial charge in [-0.2, -0.15) is 0 Å². The monoisotopic (exact) mass is 412 g/mol. The Morgan fingerprint density at radius 1 is 1.24 bits per heavy atom. The molecule has 1 aliphatic heterocycles. The molecule has 154 valence electrons. The van der Waals surface area contributed by atoms with Crippen molar-refractivity contribution in [3.8, 4) is 0 Å². The van der Waals surface area contributed by atoms with Gasteiger partial charge in [0.25, 0.3) is 0 Å². The number of carbonyl (C=O) groups excluding carboxylic acids is 1. The van der Waals surface area contributed by atoms with E-state index in [4.69, 9.17) is 17.0 Å². The molecule has 2 aromatic heterocycles. The second-order valence-corrected chi connectivity index (χ2v) is 8.16. The van der Waals surface area contributed by atoms with E-state index in [0.29, 0.717) is 24.1 Å². The minimum atomic E-state index is -0.226. The minimum Gasteiger partial charge on any atom is -0.469 e. The number of methoxy groups -OCH3 is 1. The van der Waals surface area contributed by atoms with E-state index in [2.05, 4.69) is 38.1 Å². The summed E-state index contributed by atoms with van der Waals surface area (Å²) in [6.45, 7) is 0.516. The molecule has 0 unspecified atom stereocenters. The average molecular weight is 413 g/mol. The lowest BCUT2D eigenvalue weighted by atomic mass is 9.94. The zero-order valence-electron chi connectivity index (χ0n) is 16.8. The smallest absolute Gasteiger partial charge is 0.307 e. The molecule has 7 heteroatoms. The maximum atomic E-state index is 11.8. The van der Waals surface area contributed by atoms with Crippen LogP contribution in [0.5, 0.6) is 0 Å². The maximum Gasteiger partial charge on any atom is 0.307 e. The molecular formula is C22H28N4O2S. The van der Waals surface area contributed by atoms with Crippen molar-refractivity contribution in [3.05, 3.63) is 54.1 Å². The predicted octanol–water partition coefficient (Wildman–Crippen LogP) is 3.92. The molecule has 0 radical (unpaired) electrons. The summed E-state index contributed by atoms with van der Waals surface area (Å²) in [6, 6.07) is 10.7. The Kier molecular flexibility index (Phi) is 6.13. The van der Waals surface area contributed by atoms with Crippen molar-refractivity contribution in [1.82, 2.24) is 19.8 Å². The summed E-state index contributed by atoms with van der Waals surface area (Å²) in [7, 11) is 1.42. The van der Waals surface area contributed by atoms with Crippen molar-refractivity contribution in [2.75, 3.05) is 13.7 Å². The second-order valence-electron chi connectivity index (χ2n) is 7.78. The number of ether oxygens (including phenoxy) is 1. The molecule has 6 nitrogen and oxygen atoms in total. The van der Waals surface area contributed by atoms with Crippen molar-refractivity contribution in [2.45, 2.75) is 56.7 Å². The number of nitrogens with zero attached hydrogens (tertiary/aromatic N) is 3. The van der Waals surface area contributed by atoms with Gasteiger partial charge in [-0.25, -0.2) is 0 Å². The molecule has 2 aromatic rings. The van der Waals surface area contributed by atoms with Crippen molar-refractivity contribution < 1.29 is 9.53 Å². The lowest BCUT2D eigenvalue weighted by molar-refractivity contribution is -0.140. The first-order chi connectivity index (χ1) is 14.2. The number of hydrogen-bond donors (Lipinski definition) is 1. The fourth-order valence-corrected chi connectivity index (χ4v) is 4.96. The third-order valence-corrected chi connectivity index (χ3v) is 6.42. The molecule has 0 aromatic carbocycles. The fourth-order valence-electron chi connectivity index (χ4n) is 4.63. The Bertz CT molecular complexity index is 848. The lowest BCUT2D eigenvalue weighted by Gasteiger charge is -2.32. The van der Waals surface area contributed by atoms with Crippen LogP contribution in [0.1, 0.15) is 68.0 Å². The standard InChI is InChI=1S/C22H28N4O2S/c1-28-19(27)12-15-26-21(20(24-22(26)29)17-10-5-6-13-23-17)18-11-7-14-25(18)16-8-3-2-4-9-16/h5-7,10-11,13-14,16,20-21H,2-4,8-9,12,15H2,1H3,(H,24,29)/t20-,21-/m1/s1. The van der Waals surface area contributed by atoms with Crippen LogP contribution in [0.25, 0.3) is 0 Å². The molecule has 29 heavy (non-hydrogen) atoms. The molecule has 2 atom stereocenters. The quantitative estimate of drug-likeness (QED) is 0.573. The molecule has 1 N–H and O–H groups in total. The van der Waals surface area contributed by atoms with Crippen LogP contribution in [0.2, 0.25) is 0 Å².